The molecule has 0 saturated heterocycles. The first-order valence-corrected chi connectivity index (χ1v) is 8.21. The molecular formula is C21H19FO3. The van der Waals surface area contributed by atoms with Gasteiger partial charge >= 0.3 is 5.63 Å². The molecule has 0 bridgehead atoms. The number of fused-ring (bicyclic) bond motifs is 1. The molecule has 0 N–H and O–H groups in total. The SMILES string of the molecule is C=Cc1ccc(CCc2cc3ccc(OCC)c(F)c3c(=O)o2)cc1. The third kappa shape index (κ3) is 3.63. The Balaban J connectivity index is 1.86. The molecule has 0 unspecified atom stereocenters. The van der Waals surface area contributed by atoms with E-state index in [1.165, 1.54) is 0 Å². The minimum absolute atomic E-state index is 0.0648. The van der Waals surface area contributed by atoms with Crippen molar-refractivity contribution in [3.05, 3.63) is 82.2 Å². The summed E-state index contributed by atoms with van der Waals surface area (Å²) < 4.78 is 24.9. The van der Waals surface area contributed by atoms with Gasteiger partial charge in [-0.25, -0.2) is 9.18 Å². The zero-order valence-electron chi connectivity index (χ0n) is 14.0. The van der Waals surface area contributed by atoms with E-state index in [9.17, 15) is 9.18 Å². The maximum absolute atomic E-state index is 14.4. The lowest BCUT2D eigenvalue weighted by molar-refractivity contribution is 0.322. The van der Waals surface area contributed by atoms with Gasteiger partial charge in [0.2, 0.25) is 0 Å². The second-order valence-corrected chi connectivity index (χ2v) is 5.72. The van der Waals surface area contributed by atoms with Crippen LogP contribution in [-0.4, -0.2) is 6.61 Å². The zero-order valence-corrected chi connectivity index (χ0v) is 14.0. The van der Waals surface area contributed by atoms with E-state index in [0.717, 1.165) is 17.5 Å². The zero-order chi connectivity index (χ0) is 17.8. The number of halogens is 1. The number of aryl methyl sites for hydroxylation is 2. The van der Waals surface area contributed by atoms with Crippen molar-refractivity contribution in [2.75, 3.05) is 6.61 Å². The van der Waals surface area contributed by atoms with Crippen LogP contribution in [-0.2, 0) is 12.8 Å². The summed E-state index contributed by atoms with van der Waals surface area (Å²) >= 11 is 0. The van der Waals surface area contributed by atoms with Gasteiger partial charge < -0.3 is 9.15 Å². The molecule has 0 saturated carbocycles. The average Bonchev–Trinajstić information content (AvgIpc) is 2.62. The molecule has 1 heterocycles. The van der Waals surface area contributed by atoms with Gasteiger partial charge in [0.1, 0.15) is 11.1 Å². The maximum atomic E-state index is 14.4. The van der Waals surface area contributed by atoms with Crippen LogP contribution in [0.4, 0.5) is 4.39 Å². The van der Waals surface area contributed by atoms with Crippen LogP contribution in [0, 0.1) is 5.82 Å². The van der Waals surface area contributed by atoms with Gasteiger partial charge in [0.25, 0.3) is 0 Å². The molecule has 4 heteroatoms. The normalized spacial score (nSPS) is 10.8. The Hall–Kier alpha value is -2.88. The quantitative estimate of drug-likeness (QED) is 0.650. The number of ether oxygens (including phenoxy) is 1. The van der Waals surface area contributed by atoms with Gasteiger partial charge in [-0.2, -0.15) is 0 Å². The molecule has 0 amide bonds. The van der Waals surface area contributed by atoms with Crippen LogP contribution in [0.15, 0.2) is 58.3 Å². The van der Waals surface area contributed by atoms with E-state index in [2.05, 4.69) is 6.58 Å². The van der Waals surface area contributed by atoms with Crippen LogP contribution >= 0.6 is 0 Å². The van der Waals surface area contributed by atoms with Crippen molar-refractivity contribution < 1.29 is 13.5 Å². The van der Waals surface area contributed by atoms with E-state index < -0.39 is 11.4 Å². The van der Waals surface area contributed by atoms with Crippen LogP contribution in [0.3, 0.4) is 0 Å². The Morgan fingerprint density at radius 2 is 1.92 bits per heavy atom. The summed E-state index contributed by atoms with van der Waals surface area (Å²) in [4.78, 5) is 12.2. The minimum Gasteiger partial charge on any atom is -0.491 e. The van der Waals surface area contributed by atoms with Crippen LogP contribution in [0.1, 0.15) is 23.8 Å². The van der Waals surface area contributed by atoms with E-state index in [0.29, 0.717) is 24.2 Å². The predicted molar refractivity (Wildman–Crippen MR) is 97.6 cm³/mol. The summed E-state index contributed by atoms with van der Waals surface area (Å²) in [5.41, 5.74) is 1.52. The first kappa shape index (κ1) is 17.0. The Labute approximate surface area is 145 Å². The summed E-state index contributed by atoms with van der Waals surface area (Å²) in [7, 11) is 0. The van der Waals surface area contributed by atoms with E-state index in [-0.39, 0.29) is 11.1 Å². The van der Waals surface area contributed by atoms with E-state index in [4.69, 9.17) is 9.15 Å². The van der Waals surface area contributed by atoms with Gasteiger partial charge in [0, 0.05) is 6.42 Å². The van der Waals surface area contributed by atoms with Gasteiger partial charge in [-0.3, -0.25) is 0 Å². The fourth-order valence-electron chi connectivity index (χ4n) is 2.75. The van der Waals surface area contributed by atoms with E-state index >= 15 is 0 Å². The fourth-order valence-corrected chi connectivity index (χ4v) is 2.75. The Morgan fingerprint density at radius 3 is 2.60 bits per heavy atom. The first-order chi connectivity index (χ1) is 12.1. The lowest BCUT2D eigenvalue weighted by Crippen LogP contribution is -2.07. The van der Waals surface area contributed by atoms with Crippen molar-refractivity contribution >= 4 is 16.8 Å². The highest BCUT2D eigenvalue weighted by atomic mass is 19.1. The van der Waals surface area contributed by atoms with Crippen molar-refractivity contribution in [1.82, 2.24) is 0 Å². The average molecular weight is 338 g/mol. The van der Waals surface area contributed by atoms with Crippen LogP contribution in [0.25, 0.3) is 16.8 Å². The van der Waals surface area contributed by atoms with Gasteiger partial charge in [0.15, 0.2) is 11.6 Å². The molecule has 25 heavy (non-hydrogen) atoms. The topological polar surface area (TPSA) is 39.4 Å². The highest BCUT2D eigenvalue weighted by molar-refractivity contribution is 5.83. The maximum Gasteiger partial charge on any atom is 0.346 e. The summed E-state index contributed by atoms with van der Waals surface area (Å²) in [5.74, 6) is -0.0640. The molecule has 3 aromatic rings. The molecule has 0 aliphatic rings. The van der Waals surface area contributed by atoms with Crippen LogP contribution in [0.2, 0.25) is 0 Å². The van der Waals surface area contributed by atoms with E-state index in [1.807, 2.05) is 24.3 Å². The fraction of sp³-hybridized carbons (Fsp3) is 0.190. The molecule has 0 fully saturated rings. The lowest BCUT2D eigenvalue weighted by Gasteiger charge is -2.08. The lowest BCUT2D eigenvalue weighted by atomic mass is 10.0. The molecule has 0 atom stereocenters. The van der Waals surface area contributed by atoms with Gasteiger partial charge in [-0.05, 0) is 42.0 Å². The number of rotatable bonds is 6. The molecule has 1 aromatic heterocycles. The molecule has 3 rings (SSSR count). The Kier molecular flexibility index (Phi) is 4.98. The second-order valence-electron chi connectivity index (χ2n) is 5.72. The second kappa shape index (κ2) is 7.34. The van der Waals surface area contributed by atoms with Crippen molar-refractivity contribution in [3.63, 3.8) is 0 Å². The van der Waals surface area contributed by atoms with Crippen molar-refractivity contribution in [2.45, 2.75) is 19.8 Å². The van der Waals surface area contributed by atoms with Crippen LogP contribution in [0.5, 0.6) is 5.75 Å². The molecule has 2 aromatic carbocycles. The first-order valence-electron chi connectivity index (χ1n) is 8.21. The third-order valence-electron chi connectivity index (χ3n) is 4.06. The highest BCUT2D eigenvalue weighted by Crippen LogP contribution is 2.25. The molecule has 0 aliphatic carbocycles. The van der Waals surface area contributed by atoms with Crippen molar-refractivity contribution in [1.29, 1.82) is 0 Å². The monoisotopic (exact) mass is 338 g/mol. The standard InChI is InChI=1S/C21H19FO3/c1-3-14-5-7-15(8-6-14)9-11-17-13-16-10-12-18(24-4-2)20(22)19(16)21(23)25-17/h3,5-8,10,12-13H,1,4,9,11H2,2H3. The molecule has 3 nitrogen and oxygen atoms in total. The van der Waals surface area contributed by atoms with Crippen LogP contribution < -0.4 is 10.4 Å². The van der Waals surface area contributed by atoms with Crippen molar-refractivity contribution in [3.8, 4) is 5.75 Å². The smallest absolute Gasteiger partial charge is 0.346 e. The summed E-state index contributed by atoms with van der Waals surface area (Å²) in [6, 6.07) is 13.0. The third-order valence-corrected chi connectivity index (χ3v) is 4.06. The molecule has 128 valence electrons. The van der Waals surface area contributed by atoms with Gasteiger partial charge in [-0.1, -0.05) is 43.0 Å². The predicted octanol–water partition coefficient (Wildman–Crippen LogP) is 4.76. The minimum atomic E-state index is -0.673. The molecule has 0 radical (unpaired) electrons. The summed E-state index contributed by atoms with van der Waals surface area (Å²) in [5, 5.41) is 0.458. The largest absolute Gasteiger partial charge is 0.491 e. The van der Waals surface area contributed by atoms with Gasteiger partial charge in [0.05, 0.1) is 6.61 Å². The highest BCUT2D eigenvalue weighted by Gasteiger charge is 2.14. The number of benzene rings is 2. The Bertz CT molecular complexity index is 955. The Morgan fingerprint density at radius 1 is 1.16 bits per heavy atom. The number of hydrogen-bond donors (Lipinski definition) is 0. The van der Waals surface area contributed by atoms with Gasteiger partial charge in [-0.15, -0.1) is 0 Å². The van der Waals surface area contributed by atoms with Crippen molar-refractivity contribution in [2.24, 2.45) is 0 Å². The number of hydrogen-bond acceptors (Lipinski definition) is 3. The summed E-state index contributed by atoms with van der Waals surface area (Å²) in [6.45, 7) is 5.82. The van der Waals surface area contributed by atoms with E-state index in [1.54, 1.807) is 31.2 Å². The molecule has 0 aliphatic heterocycles. The molecule has 0 spiro atoms. The summed E-state index contributed by atoms with van der Waals surface area (Å²) in [6.07, 6.45) is 3.08. The molecular weight excluding hydrogens is 319 g/mol.